The minimum Gasteiger partial charge on any atom is -0.356 e. The van der Waals surface area contributed by atoms with Gasteiger partial charge in [0.25, 0.3) is 0 Å². The lowest BCUT2D eigenvalue weighted by molar-refractivity contribution is 0.578. The molecule has 2 N–H and O–H groups in total. The van der Waals surface area contributed by atoms with Crippen LogP contribution in [0.1, 0.15) is 19.3 Å². The summed E-state index contributed by atoms with van der Waals surface area (Å²) in [5, 5.41) is 2.92. The number of nitrogens with zero attached hydrogens (tertiary/aromatic N) is 2. The first-order chi connectivity index (χ1) is 10.5. The van der Waals surface area contributed by atoms with Gasteiger partial charge < -0.3 is 9.88 Å². The van der Waals surface area contributed by atoms with Gasteiger partial charge in [-0.3, -0.25) is 0 Å². The van der Waals surface area contributed by atoms with Crippen molar-refractivity contribution in [3.05, 3.63) is 24.0 Å². The van der Waals surface area contributed by atoms with Crippen molar-refractivity contribution in [2.45, 2.75) is 24.5 Å². The van der Waals surface area contributed by atoms with E-state index >= 15 is 0 Å². The summed E-state index contributed by atoms with van der Waals surface area (Å²) in [6, 6.07) is 4.84. The highest BCUT2D eigenvalue weighted by Gasteiger charge is 2.35. The Morgan fingerprint density at radius 3 is 2.82 bits per heavy atom. The number of para-hydroxylation sites is 1. The fraction of sp³-hybridized carbons (Fsp3) is 0.500. The topological polar surface area (TPSA) is 76.0 Å². The van der Waals surface area contributed by atoms with E-state index in [0.29, 0.717) is 31.0 Å². The van der Waals surface area contributed by atoms with E-state index in [1.807, 2.05) is 7.05 Å². The molecule has 0 radical (unpaired) electrons. The minimum atomic E-state index is -3.11. The molecule has 0 unspecified atom stereocenters. The maximum absolute atomic E-state index is 13.7. The number of nitrogens with one attached hydrogen (secondary N) is 2. The molecule has 1 saturated carbocycles. The highest BCUT2D eigenvalue weighted by molar-refractivity contribution is 7.90. The molecule has 120 valence electrons. The number of benzene rings is 1. The highest BCUT2D eigenvalue weighted by Crippen LogP contribution is 2.27. The molecular formula is C14H19FN4O2S. The molecule has 0 bridgehead atoms. The normalized spacial score (nSPS) is 15.4. The molecule has 0 aliphatic heterocycles. The van der Waals surface area contributed by atoms with Gasteiger partial charge >= 0.3 is 0 Å². The second-order valence-electron chi connectivity index (χ2n) is 5.52. The third-order valence-corrected chi connectivity index (χ3v) is 5.72. The van der Waals surface area contributed by atoms with Crippen LogP contribution in [0.2, 0.25) is 0 Å². The second-order valence-corrected chi connectivity index (χ2v) is 7.57. The number of aryl methyl sites for hydroxylation is 1. The average Bonchev–Trinajstić information content (AvgIpc) is 3.27. The smallest absolute Gasteiger partial charge is 0.214 e. The van der Waals surface area contributed by atoms with Gasteiger partial charge in [0.2, 0.25) is 16.0 Å². The Hall–Kier alpha value is -1.67. The summed E-state index contributed by atoms with van der Waals surface area (Å²) in [5.41, 5.74) is 1.05. The van der Waals surface area contributed by atoms with E-state index in [1.54, 1.807) is 16.7 Å². The number of rotatable bonds is 7. The lowest BCUT2D eigenvalue weighted by atomic mass is 10.3. The summed E-state index contributed by atoms with van der Waals surface area (Å²) in [6.07, 6.45) is 2.16. The molecule has 1 fully saturated rings. The van der Waals surface area contributed by atoms with Crippen molar-refractivity contribution in [2.24, 2.45) is 7.05 Å². The van der Waals surface area contributed by atoms with E-state index in [1.165, 1.54) is 6.07 Å². The van der Waals surface area contributed by atoms with Gasteiger partial charge in [-0.2, -0.15) is 0 Å². The molecule has 0 amide bonds. The Balaban J connectivity index is 1.54. The SMILES string of the molecule is Cn1c(NCCCNS(=O)(=O)C2CC2)nc2c(F)cccc21. The Labute approximate surface area is 128 Å². The number of fused-ring (bicyclic) bond motifs is 1. The largest absolute Gasteiger partial charge is 0.356 e. The Morgan fingerprint density at radius 2 is 2.14 bits per heavy atom. The van der Waals surface area contributed by atoms with E-state index in [2.05, 4.69) is 15.0 Å². The van der Waals surface area contributed by atoms with Crippen LogP contribution in [0.15, 0.2) is 18.2 Å². The first kappa shape index (κ1) is 15.2. The number of hydrogen-bond acceptors (Lipinski definition) is 4. The van der Waals surface area contributed by atoms with E-state index in [0.717, 1.165) is 18.4 Å². The van der Waals surface area contributed by atoms with Gasteiger partial charge in [0.15, 0.2) is 5.82 Å². The Bertz CT molecular complexity index is 783. The van der Waals surface area contributed by atoms with E-state index < -0.39 is 10.0 Å². The predicted molar refractivity (Wildman–Crippen MR) is 83.7 cm³/mol. The van der Waals surface area contributed by atoms with Crippen LogP contribution < -0.4 is 10.0 Å². The number of sulfonamides is 1. The monoisotopic (exact) mass is 326 g/mol. The van der Waals surface area contributed by atoms with Crippen molar-refractivity contribution >= 4 is 27.0 Å². The van der Waals surface area contributed by atoms with Gasteiger partial charge in [0, 0.05) is 20.1 Å². The lowest BCUT2D eigenvalue weighted by Gasteiger charge is -2.07. The standard InChI is InChI=1S/C14H19FN4O2S/c1-19-12-5-2-4-11(15)13(12)18-14(19)16-8-3-9-17-22(20,21)10-6-7-10/h2,4-5,10,17H,3,6-9H2,1H3,(H,16,18). The summed E-state index contributed by atoms with van der Waals surface area (Å²) in [7, 11) is -1.30. The lowest BCUT2D eigenvalue weighted by Crippen LogP contribution is -2.29. The zero-order valence-corrected chi connectivity index (χ0v) is 13.2. The van der Waals surface area contributed by atoms with Crippen LogP contribution >= 0.6 is 0 Å². The zero-order chi connectivity index (χ0) is 15.7. The van der Waals surface area contributed by atoms with E-state index in [-0.39, 0.29) is 11.1 Å². The van der Waals surface area contributed by atoms with Crippen molar-refractivity contribution in [1.29, 1.82) is 0 Å². The Morgan fingerprint density at radius 1 is 1.36 bits per heavy atom. The number of anilines is 1. The first-order valence-corrected chi connectivity index (χ1v) is 8.87. The first-order valence-electron chi connectivity index (χ1n) is 7.32. The molecule has 2 aromatic rings. The maximum Gasteiger partial charge on any atom is 0.214 e. The summed E-state index contributed by atoms with van der Waals surface area (Å²) in [6.45, 7) is 0.954. The molecule has 1 aromatic carbocycles. The summed E-state index contributed by atoms with van der Waals surface area (Å²) < 4.78 is 41.3. The number of imidazole rings is 1. The average molecular weight is 326 g/mol. The molecular weight excluding hydrogens is 307 g/mol. The third kappa shape index (κ3) is 3.07. The fourth-order valence-electron chi connectivity index (χ4n) is 2.34. The quantitative estimate of drug-likeness (QED) is 0.758. The van der Waals surface area contributed by atoms with Gasteiger partial charge in [-0.1, -0.05) is 6.07 Å². The van der Waals surface area contributed by atoms with Crippen LogP contribution in [-0.4, -0.2) is 36.3 Å². The molecule has 1 aliphatic carbocycles. The third-order valence-electron chi connectivity index (χ3n) is 3.77. The summed E-state index contributed by atoms with van der Waals surface area (Å²) >= 11 is 0. The molecule has 0 atom stereocenters. The summed E-state index contributed by atoms with van der Waals surface area (Å²) in [4.78, 5) is 4.23. The van der Waals surface area contributed by atoms with Gasteiger partial charge in [0.05, 0.1) is 10.8 Å². The molecule has 0 spiro atoms. The van der Waals surface area contributed by atoms with Crippen molar-refractivity contribution in [3.63, 3.8) is 0 Å². The van der Waals surface area contributed by atoms with Crippen LogP contribution in [0.4, 0.5) is 10.3 Å². The van der Waals surface area contributed by atoms with Crippen LogP contribution in [0.25, 0.3) is 11.0 Å². The molecule has 3 rings (SSSR count). The molecule has 1 aromatic heterocycles. The number of aromatic nitrogens is 2. The van der Waals surface area contributed by atoms with Gasteiger partial charge in [-0.15, -0.1) is 0 Å². The second kappa shape index (κ2) is 5.85. The number of halogens is 1. The molecule has 0 saturated heterocycles. The van der Waals surface area contributed by atoms with Crippen molar-refractivity contribution in [2.75, 3.05) is 18.4 Å². The van der Waals surface area contributed by atoms with E-state index in [4.69, 9.17) is 0 Å². The van der Waals surface area contributed by atoms with Crippen molar-refractivity contribution < 1.29 is 12.8 Å². The van der Waals surface area contributed by atoms with Crippen LogP contribution in [0.3, 0.4) is 0 Å². The number of hydrogen-bond donors (Lipinski definition) is 2. The predicted octanol–water partition coefficient (Wildman–Crippen LogP) is 1.60. The molecule has 22 heavy (non-hydrogen) atoms. The van der Waals surface area contributed by atoms with Gasteiger partial charge in [-0.05, 0) is 31.4 Å². The molecule has 8 heteroatoms. The molecule has 6 nitrogen and oxygen atoms in total. The van der Waals surface area contributed by atoms with Crippen LogP contribution in [-0.2, 0) is 17.1 Å². The van der Waals surface area contributed by atoms with Crippen molar-refractivity contribution in [3.8, 4) is 0 Å². The van der Waals surface area contributed by atoms with Crippen LogP contribution in [0.5, 0.6) is 0 Å². The molecule has 1 heterocycles. The van der Waals surface area contributed by atoms with Gasteiger partial charge in [0.1, 0.15) is 5.52 Å². The summed E-state index contributed by atoms with van der Waals surface area (Å²) in [5.74, 6) is 0.225. The zero-order valence-electron chi connectivity index (χ0n) is 12.3. The Kier molecular flexibility index (Phi) is 4.05. The van der Waals surface area contributed by atoms with E-state index in [9.17, 15) is 12.8 Å². The minimum absolute atomic E-state index is 0.191. The fourth-order valence-corrected chi connectivity index (χ4v) is 3.76. The van der Waals surface area contributed by atoms with Gasteiger partial charge in [-0.25, -0.2) is 22.5 Å². The van der Waals surface area contributed by atoms with Crippen molar-refractivity contribution in [1.82, 2.24) is 14.3 Å². The highest BCUT2D eigenvalue weighted by atomic mass is 32.2. The maximum atomic E-state index is 13.7. The molecule has 1 aliphatic rings. The van der Waals surface area contributed by atoms with Crippen LogP contribution in [0, 0.1) is 5.82 Å².